The van der Waals surface area contributed by atoms with E-state index in [4.69, 9.17) is 16.3 Å². The maximum atomic E-state index is 6.41. The number of rotatable bonds is 7. The number of hydrogen-bond acceptors (Lipinski definition) is 3. The van der Waals surface area contributed by atoms with Crippen molar-refractivity contribution in [2.45, 2.75) is 31.2 Å². The van der Waals surface area contributed by atoms with Crippen LogP contribution in [0.5, 0.6) is 5.75 Å². The zero-order chi connectivity index (χ0) is 16.1. The lowest BCUT2D eigenvalue weighted by molar-refractivity contribution is 0.242. The van der Waals surface area contributed by atoms with Gasteiger partial charge in [0.25, 0.3) is 0 Å². The SMILES string of the molecule is Cn1cc(Cc2ccc(OCCC(Cl)N3CCCC3)cc2)cn1. The lowest BCUT2D eigenvalue weighted by atomic mass is 10.1. The Labute approximate surface area is 143 Å². The number of aryl methyl sites for hydroxylation is 1. The molecule has 1 fully saturated rings. The van der Waals surface area contributed by atoms with Gasteiger partial charge in [0.2, 0.25) is 0 Å². The van der Waals surface area contributed by atoms with Gasteiger partial charge in [0.15, 0.2) is 0 Å². The van der Waals surface area contributed by atoms with Gasteiger partial charge in [-0.2, -0.15) is 5.10 Å². The molecule has 1 aromatic heterocycles. The molecule has 1 saturated heterocycles. The van der Waals surface area contributed by atoms with Crippen LogP contribution in [0, 0.1) is 0 Å². The van der Waals surface area contributed by atoms with Gasteiger partial charge in [-0.15, -0.1) is 11.6 Å². The molecule has 0 N–H and O–H groups in total. The van der Waals surface area contributed by atoms with Gasteiger partial charge in [0, 0.05) is 26.1 Å². The molecule has 4 nitrogen and oxygen atoms in total. The summed E-state index contributed by atoms with van der Waals surface area (Å²) in [6.45, 7) is 2.90. The summed E-state index contributed by atoms with van der Waals surface area (Å²) in [5.74, 6) is 0.908. The highest BCUT2D eigenvalue weighted by Gasteiger charge is 2.19. The molecule has 0 amide bonds. The lowest BCUT2D eigenvalue weighted by Gasteiger charge is -2.21. The minimum absolute atomic E-state index is 0.0994. The van der Waals surface area contributed by atoms with Gasteiger partial charge in [-0.25, -0.2) is 0 Å². The molecule has 23 heavy (non-hydrogen) atoms. The summed E-state index contributed by atoms with van der Waals surface area (Å²) >= 11 is 6.41. The number of nitrogens with zero attached hydrogens (tertiary/aromatic N) is 3. The Kier molecular flexibility index (Phi) is 5.57. The average molecular weight is 334 g/mol. The Balaban J connectivity index is 1.44. The summed E-state index contributed by atoms with van der Waals surface area (Å²) in [5.41, 5.74) is 2.58. The number of aromatic nitrogens is 2. The number of hydrogen-bond donors (Lipinski definition) is 0. The van der Waals surface area contributed by atoms with Crippen molar-refractivity contribution >= 4 is 11.6 Å². The van der Waals surface area contributed by atoms with Crippen molar-refractivity contribution < 1.29 is 4.74 Å². The van der Waals surface area contributed by atoms with Crippen molar-refractivity contribution in [3.05, 3.63) is 47.8 Å². The molecule has 3 rings (SSSR count). The van der Waals surface area contributed by atoms with E-state index in [1.807, 2.05) is 36.3 Å². The van der Waals surface area contributed by atoms with E-state index in [1.165, 1.54) is 24.0 Å². The highest BCUT2D eigenvalue weighted by atomic mass is 35.5. The Morgan fingerprint density at radius 1 is 1.17 bits per heavy atom. The second kappa shape index (κ2) is 7.84. The fraction of sp³-hybridized carbons (Fsp3) is 0.500. The van der Waals surface area contributed by atoms with E-state index in [0.717, 1.165) is 31.7 Å². The van der Waals surface area contributed by atoms with Gasteiger partial charge in [-0.05, 0) is 49.2 Å². The Morgan fingerprint density at radius 2 is 1.91 bits per heavy atom. The second-order valence-corrected chi connectivity index (χ2v) is 6.66. The van der Waals surface area contributed by atoms with Crippen LogP contribution in [0.4, 0.5) is 0 Å². The van der Waals surface area contributed by atoms with Crippen LogP contribution < -0.4 is 4.74 Å². The van der Waals surface area contributed by atoms with E-state index >= 15 is 0 Å². The average Bonchev–Trinajstić information content (AvgIpc) is 3.21. The van der Waals surface area contributed by atoms with E-state index in [-0.39, 0.29) is 5.50 Å². The van der Waals surface area contributed by atoms with E-state index in [2.05, 4.69) is 22.1 Å². The Hall–Kier alpha value is -1.52. The standard InChI is InChI=1S/C18H24ClN3O/c1-21-14-16(13-20-21)12-15-4-6-17(7-5-15)23-11-8-18(19)22-9-2-3-10-22/h4-7,13-14,18H,2-3,8-12H2,1H3. The molecular weight excluding hydrogens is 310 g/mol. The molecule has 2 aromatic rings. The predicted octanol–water partition coefficient (Wildman–Crippen LogP) is 3.44. The molecule has 1 unspecified atom stereocenters. The normalized spacial score (nSPS) is 16.6. The highest BCUT2D eigenvalue weighted by Crippen LogP contribution is 2.19. The summed E-state index contributed by atoms with van der Waals surface area (Å²) in [7, 11) is 1.94. The van der Waals surface area contributed by atoms with Crippen LogP contribution >= 0.6 is 11.6 Å². The maximum absolute atomic E-state index is 6.41. The molecule has 5 heteroatoms. The second-order valence-electron chi connectivity index (χ2n) is 6.16. The smallest absolute Gasteiger partial charge is 0.119 e. The van der Waals surface area contributed by atoms with E-state index < -0.39 is 0 Å². The molecule has 0 radical (unpaired) electrons. The first-order valence-corrected chi connectivity index (χ1v) is 8.72. The number of likely N-dealkylation sites (tertiary alicyclic amines) is 1. The van der Waals surface area contributed by atoms with Crippen LogP contribution in [0.3, 0.4) is 0 Å². The van der Waals surface area contributed by atoms with Crippen LogP contribution in [0.2, 0.25) is 0 Å². The zero-order valence-electron chi connectivity index (χ0n) is 13.6. The van der Waals surface area contributed by atoms with Crippen molar-refractivity contribution in [3.8, 4) is 5.75 Å². The van der Waals surface area contributed by atoms with E-state index in [1.54, 1.807) is 0 Å². The molecule has 0 aliphatic carbocycles. The first kappa shape index (κ1) is 16.3. The summed E-state index contributed by atoms with van der Waals surface area (Å²) in [4.78, 5) is 2.34. The monoisotopic (exact) mass is 333 g/mol. The minimum Gasteiger partial charge on any atom is -0.493 e. The summed E-state index contributed by atoms with van der Waals surface area (Å²) in [5, 5.41) is 4.20. The molecule has 0 bridgehead atoms. The fourth-order valence-electron chi connectivity index (χ4n) is 2.98. The quantitative estimate of drug-likeness (QED) is 0.574. The van der Waals surface area contributed by atoms with Crippen molar-refractivity contribution in [1.29, 1.82) is 0 Å². The zero-order valence-corrected chi connectivity index (χ0v) is 14.4. The predicted molar refractivity (Wildman–Crippen MR) is 93.0 cm³/mol. The summed E-state index contributed by atoms with van der Waals surface area (Å²) in [6, 6.07) is 8.29. The molecule has 1 aliphatic heterocycles. The lowest BCUT2D eigenvalue weighted by Crippen LogP contribution is -2.29. The molecule has 0 saturated carbocycles. The molecule has 0 spiro atoms. The van der Waals surface area contributed by atoms with Crippen LogP contribution in [0.25, 0.3) is 0 Å². The third-order valence-corrected chi connectivity index (χ3v) is 4.75. The summed E-state index contributed by atoms with van der Waals surface area (Å²) in [6.07, 6.45) is 8.24. The number of ether oxygens (including phenoxy) is 1. The molecule has 2 heterocycles. The van der Waals surface area contributed by atoms with Crippen molar-refractivity contribution in [3.63, 3.8) is 0 Å². The first-order chi connectivity index (χ1) is 11.2. The molecule has 1 aliphatic rings. The number of alkyl halides is 1. The van der Waals surface area contributed by atoms with Crippen molar-refractivity contribution in [2.24, 2.45) is 7.05 Å². The number of benzene rings is 1. The highest BCUT2D eigenvalue weighted by molar-refractivity contribution is 6.20. The summed E-state index contributed by atoms with van der Waals surface area (Å²) < 4.78 is 7.65. The molecule has 1 atom stereocenters. The molecular formula is C18H24ClN3O. The van der Waals surface area contributed by atoms with Gasteiger partial charge in [0.05, 0.1) is 18.3 Å². The van der Waals surface area contributed by atoms with Gasteiger partial charge in [-0.1, -0.05) is 12.1 Å². The molecule has 124 valence electrons. The van der Waals surface area contributed by atoms with Gasteiger partial charge >= 0.3 is 0 Å². The van der Waals surface area contributed by atoms with Crippen LogP contribution in [-0.2, 0) is 13.5 Å². The third kappa shape index (κ3) is 4.72. The van der Waals surface area contributed by atoms with Crippen LogP contribution in [-0.4, -0.2) is 39.9 Å². The Bertz CT molecular complexity index is 605. The fourth-order valence-corrected chi connectivity index (χ4v) is 3.27. The van der Waals surface area contributed by atoms with Crippen molar-refractivity contribution in [1.82, 2.24) is 14.7 Å². The van der Waals surface area contributed by atoms with Crippen molar-refractivity contribution in [2.75, 3.05) is 19.7 Å². The number of halogens is 1. The first-order valence-electron chi connectivity index (χ1n) is 8.28. The third-order valence-electron chi connectivity index (χ3n) is 4.25. The van der Waals surface area contributed by atoms with Gasteiger partial charge in [-0.3, -0.25) is 9.58 Å². The van der Waals surface area contributed by atoms with E-state index in [0.29, 0.717) is 6.61 Å². The maximum Gasteiger partial charge on any atom is 0.119 e. The molecule has 1 aromatic carbocycles. The van der Waals surface area contributed by atoms with E-state index in [9.17, 15) is 0 Å². The topological polar surface area (TPSA) is 30.3 Å². The minimum atomic E-state index is 0.0994. The van der Waals surface area contributed by atoms with Crippen LogP contribution in [0.15, 0.2) is 36.7 Å². The van der Waals surface area contributed by atoms with Gasteiger partial charge in [0.1, 0.15) is 5.75 Å². The van der Waals surface area contributed by atoms with Crippen LogP contribution in [0.1, 0.15) is 30.4 Å². The largest absolute Gasteiger partial charge is 0.493 e. The Morgan fingerprint density at radius 3 is 2.57 bits per heavy atom. The van der Waals surface area contributed by atoms with Gasteiger partial charge < -0.3 is 4.74 Å².